The van der Waals surface area contributed by atoms with Crippen molar-refractivity contribution in [1.82, 2.24) is 0 Å². The molecule has 0 aromatic carbocycles. The van der Waals surface area contributed by atoms with E-state index in [-0.39, 0.29) is 11.7 Å². The lowest BCUT2D eigenvalue weighted by Crippen LogP contribution is -2.21. The largest absolute Gasteiger partial charge is 0.303 e. The van der Waals surface area contributed by atoms with Crippen molar-refractivity contribution in [3.63, 3.8) is 0 Å². The Morgan fingerprint density at radius 1 is 1.58 bits per heavy atom. The summed E-state index contributed by atoms with van der Waals surface area (Å²) in [5.74, 6) is -0.375. The van der Waals surface area contributed by atoms with E-state index in [1.807, 2.05) is 11.4 Å². The van der Waals surface area contributed by atoms with Gasteiger partial charge >= 0.3 is 0 Å². The Hall–Kier alpha value is -0.960. The van der Waals surface area contributed by atoms with E-state index >= 15 is 0 Å². The predicted octanol–water partition coefficient (Wildman–Crippen LogP) is 1.69. The van der Waals surface area contributed by atoms with E-state index in [1.54, 1.807) is 11.3 Å². The summed E-state index contributed by atoms with van der Waals surface area (Å²) in [4.78, 5) is 23.1. The molecule has 1 heterocycles. The fraction of sp³-hybridized carbons (Fsp3) is 0.333. The third-order valence-electron chi connectivity index (χ3n) is 2.19. The first-order valence-corrected chi connectivity index (χ1v) is 4.77. The topological polar surface area (TPSA) is 34.1 Å². The molecule has 2 rings (SSSR count). The first-order chi connectivity index (χ1) is 5.83. The van der Waals surface area contributed by atoms with Crippen LogP contribution in [0.5, 0.6) is 0 Å². The molecule has 2 nitrogen and oxygen atoms in total. The number of carbonyl (C=O) groups excluding carboxylic acids is 2. The highest BCUT2D eigenvalue weighted by atomic mass is 32.1. The molecule has 1 aliphatic carbocycles. The molecular weight excluding hydrogens is 172 g/mol. The summed E-state index contributed by atoms with van der Waals surface area (Å²) < 4.78 is 0. The summed E-state index contributed by atoms with van der Waals surface area (Å²) in [7, 11) is 0. The summed E-state index contributed by atoms with van der Waals surface area (Å²) in [6, 6.07) is 1.82. The first-order valence-electron chi connectivity index (χ1n) is 3.89. The molecule has 0 saturated heterocycles. The highest BCUT2D eigenvalue weighted by Crippen LogP contribution is 2.28. The maximum atomic E-state index is 11.5. The third-order valence-corrected chi connectivity index (χ3v) is 3.18. The number of hydrogen-bond acceptors (Lipinski definition) is 3. The van der Waals surface area contributed by atoms with E-state index in [0.29, 0.717) is 6.42 Å². The van der Waals surface area contributed by atoms with Gasteiger partial charge in [-0.2, -0.15) is 0 Å². The van der Waals surface area contributed by atoms with Crippen molar-refractivity contribution in [3.05, 3.63) is 21.9 Å². The molecule has 0 aliphatic heterocycles. The lowest BCUT2D eigenvalue weighted by atomic mass is 9.88. The van der Waals surface area contributed by atoms with E-state index in [2.05, 4.69) is 0 Å². The van der Waals surface area contributed by atoms with Crippen LogP contribution in [0.15, 0.2) is 11.4 Å². The van der Waals surface area contributed by atoms with Crippen LogP contribution in [0.1, 0.15) is 21.7 Å². The van der Waals surface area contributed by atoms with E-state index in [0.717, 1.165) is 23.1 Å². The van der Waals surface area contributed by atoms with Gasteiger partial charge in [0.1, 0.15) is 6.29 Å². The minimum Gasteiger partial charge on any atom is -0.303 e. The molecule has 1 aromatic heterocycles. The lowest BCUT2D eigenvalue weighted by Gasteiger charge is -2.14. The zero-order valence-electron chi connectivity index (χ0n) is 6.45. The van der Waals surface area contributed by atoms with Gasteiger partial charge in [0, 0.05) is 10.4 Å². The maximum Gasteiger partial charge on any atom is 0.174 e. The number of thiophene rings is 1. The Labute approximate surface area is 74.2 Å². The van der Waals surface area contributed by atoms with Gasteiger partial charge in [-0.25, -0.2) is 0 Å². The van der Waals surface area contributed by atoms with Gasteiger partial charge < -0.3 is 4.79 Å². The van der Waals surface area contributed by atoms with Crippen LogP contribution in [0, 0.1) is 5.92 Å². The second kappa shape index (κ2) is 2.83. The molecule has 0 bridgehead atoms. The summed E-state index contributed by atoms with van der Waals surface area (Å²) in [6.07, 6.45) is 2.33. The first kappa shape index (κ1) is 7.68. The van der Waals surface area contributed by atoms with Crippen molar-refractivity contribution in [2.75, 3.05) is 0 Å². The highest BCUT2D eigenvalue weighted by molar-refractivity contribution is 7.10. The zero-order chi connectivity index (χ0) is 8.55. The van der Waals surface area contributed by atoms with Crippen LogP contribution < -0.4 is 0 Å². The molecule has 62 valence electrons. The Bertz CT molecular complexity index is 327. The smallest absolute Gasteiger partial charge is 0.174 e. The van der Waals surface area contributed by atoms with Crippen molar-refractivity contribution < 1.29 is 9.59 Å². The van der Waals surface area contributed by atoms with Gasteiger partial charge in [0.05, 0.1) is 5.92 Å². The normalized spacial score (nSPS) is 22.0. The van der Waals surface area contributed by atoms with Gasteiger partial charge in [0.15, 0.2) is 5.78 Å². The van der Waals surface area contributed by atoms with Crippen molar-refractivity contribution >= 4 is 23.4 Å². The Morgan fingerprint density at radius 3 is 3.17 bits per heavy atom. The van der Waals surface area contributed by atoms with Crippen LogP contribution >= 0.6 is 11.3 Å². The Morgan fingerprint density at radius 2 is 2.42 bits per heavy atom. The molecule has 0 spiro atoms. The van der Waals surface area contributed by atoms with Crippen LogP contribution in [-0.4, -0.2) is 12.1 Å². The van der Waals surface area contributed by atoms with Gasteiger partial charge in [-0.3, -0.25) is 4.79 Å². The molecule has 1 aromatic rings. The highest BCUT2D eigenvalue weighted by Gasteiger charge is 2.27. The summed E-state index contributed by atoms with van der Waals surface area (Å²) in [6.45, 7) is 0. The average molecular weight is 180 g/mol. The van der Waals surface area contributed by atoms with Gasteiger partial charge in [-0.15, -0.1) is 11.3 Å². The van der Waals surface area contributed by atoms with E-state index in [1.165, 1.54) is 0 Å². The number of rotatable bonds is 1. The lowest BCUT2D eigenvalue weighted by molar-refractivity contribution is -0.110. The van der Waals surface area contributed by atoms with E-state index < -0.39 is 0 Å². The van der Waals surface area contributed by atoms with Crippen LogP contribution in [0.2, 0.25) is 0 Å². The fourth-order valence-corrected chi connectivity index (χ4v) is 2.40. The second-order valence-electron chi connectivity index (χ2n) is 2.90. The zero-order valence-corrected chi connectivity index (χ0v) is 7.26. The molecule has 0 N–H and O–H groups in total. The molecular formula is C9H8O2S. The van der Waals surface area contributed by atoms with Gasteiger partial charge in [0.25, 0.3) is 0 Å². The number of ketones is 1. The number of hydrogen-bond donors (Lipinski definition) is 0. The standard InChI is InChI=1S/C9H8O2S/c10-5-6-1-2-8-7(9(6)11)3-4-12-8/h3-6H,1-2H2. The number of Topliss-reactive ketones (excluding diaryl/α,β-unsaturated/α-hetero) is 1. The van der Waals surface area contributed by atoms with Crippen molar-refractivity contribution in [2.24, 2.45) is 5.92 Å². The maximum absolute atomic E-state index is 11.5. The monoisotopic (exact) mass is 180 g/mol. The van der Waals surface area contributed by atoms with E-state index in [4.69, 9.17) is 0 Å². The molecule has 1 aliphatic rings. The number of fused-ring (bicyclic) bond motifs is 1. The van der Waals surface area contributed by atoms with Crippen molar-refractivity contribution in [2.45, 2.75) is 12.8 Å². The van der Waals surface area contributed by atoms with Crippen LogP contribution in [-0.2, 0) is 11.2 Å². The van der Waals surface area contributed by atoms with Gasteiger partial charge in [-0.1, -0.05) is 0 Å². The Kier molecular flexibility index (Phi) is 1.81. The molecule has 1 atom stereocenters. The molecule has 3 heteroatoms. The van der Waals surface area contributed by atoms with Crippen molar-refractivity contribution in [1.29, 1.82) is 0 Å². The molecule has 1 unspecified atom stereocenters. The van der Waals surface area contributed by atoms with Gasteiger partial charge in [0.2, 0.25) is 0 Å². The molecule has 0 radical (unpaired) electrons. The third kappa shape index (κ3) is 1.01. The quantitative estimate of drug-likeness (QED) is 0.487. The average Bonchev–Trinajstić information content (AvgIpc) is 2.53. The number of aryl methyl sites for hydroxylation is 1. The van der Waals surface area contributed by atoms with Gasteiger partial charge in [-0.05, 0) is 24.3 Å². The van der Waals surface area contributed by atoms with E-state index in [9.17, 15) is 9.59 Å². The molecule has 0 amide bonds. The Balaban J connectivity index is 2.41. The van der Waals surface area contributed by atoms with Crippen molar-refractivity contribution in [3.8, 4) is 0 Å². The molecule has 12 heavy (non-hydrogen) atoms. The summed E-state index contributed by atoms with van der Waals surface area (Å²) in [5.41, 5.74) is 0.767. The van der Waals surface area contributed by atoms with Crippen LogP contribution in [0.4, 0.5) is 0 Å². The molecule has 0 saturated carbocycles. The second-order valence-corrected chi connectivity index (χ2v) is 3.90. The minimum atomic E-state index is -0.382. The molecule has 0 fully saturated rings. The van der Waals surface area contributed by atoms with Crippen LogP contribution in [0.3, 0.4) is 0 Å². The number of carbonyl (C=O) groups is 2. The number of aldehydes is 1. The minimum absolute atomic E-state index is 0.00694. The fourth-order valence-electron chi connectivity index (χ4n) is 1.50. The summed E-state index contributed by atoms with van der Waals surface area (Å²) >= 11 is 1.60. The predicted molar refractivity (Wildman–Crippen MR) is 46.5 cm³/mol. The summed E-state index contributed by atoms with van der Waals surface area (Å²) in [5, 5.41) is 1.91. The van der Waals surface area contributed by atoms with Crippen LogP contribution in [0.25, 0.3) is 0 Å². The SMILES string of the molecule is O=CC1CCc2sccc2C1=O.